The van der Waals surface area contributed by atoms with Crippen molar-refractivity contribution in [2.24, 2.45) is 0 Å². The Labute approximate surface area is 136 Å². The van der Waals surface area contributed by atoms with E-state index in [-0.39, 0.29) is 17.0 Å². The van der Waals surface area contributed by atoms with Crippen molar-refractivity contribution in [3.63, 3.8) is 0 Å². The lowest BCUT2D eigenvalue weighted by Gasteiger charge is -2.23. The van der Waals surface area contributed by atoms with Crippen LogP contribution in [0.15, 0.2) is 41.4 Å². The van der Waals surface area contributed by atoms with Crippen LogP contribution in [-0.4, -0.2) is 57.2 Å². The molecule has 7 heteroatoms. The number of aromatic nitrogens is 1. The Bertz CT molecular complexity index is 788. The topological polar surface area (TPSA) is 68.7 Å². The number of nitrogens with zero attached hydrogens (tertiary/aromatic N) is 2. The molecule has 0 amide bonds. The molecule has 2 heterocycles. The van der Waals surface area contributed by atoms with Crippen LogP contribution in [0.5, 0.6) is 0 Å². The lowest BCUT2D eigenvalue weighted by molar-refractivity contribution is 0.110. The van der Waals surface area contributed by atoms with E-state index in [1.165, 1.54) is 4.31 Å². The zero-order valence-corrected chi connectivity index (χ0v) is 14.0. The number of hydrogen-bond acceptors (Lipinski definition) is 5. The summed E-state index contributed by atoms with van der Waals surface area (Å²) >= 11 is 0. The molecule has 6 nitrogen and oxygen atoms in total. The van der Waals surface area contributed by atoms with Crippen molar-refractivity contribution < 1.29 is 17.9 Å². The molecule has 1 saturated heterocycles. The van der Waals surface area contributed by atoms with Gasteiger partial charge in [0.05, 0.1) is 24.3 Å². The Hall–Kier alpha value is -1.54. The largest absolute Gasteiger partial charge is 0.383 e. The summed E-state index contributed by atoms with van der Waals surface area (Å²) in [5.74, 6) is 0. The lowest BCUT2D eigenvalue weighted by Crippen LogP contribution is -2.38. The highest BCUT2D eigenvalue weighted by Gasteiger charge is 2.41. The molecule has 0 aliphatic carbocycles. The van der Waals surface area contributed by atoms with E-state index >= 15 is 0 Å². The summed E-state index contributed by atoms with van der Waals surface area (Å²) in [6, 6.07) is 8.63. The van der Waals surface area contributed by atoms with Crippen LogP contribution in [0.3, 0.4) is 0 Å². The molecule has 0 N–H and O–H groups in total. The summed E-state index contributed by atoms with van der Waals surface area (Å²) in [5.41, 5.74) is 0.493. The Kier molecular flexibility index (Phi) is 4.63. The van der Waals surface area contributed by atoms with Gasteiger partial charge >= 0.3 is 0 Å². The Balaban J connectivity index is 2.06. The van der Waals surface area contributed by atoms with Crippen LogP contribution in [0.25, 0.3) is 10.9 Å². The van der Waals surface area contributed by atoms with Crippen molar-refractivity contribution in [1.82, 2.24) is 9.29 Å². The third-order valence-corrected chi connectivity index (χ3v) is 6.15. The number of rotatable bonds is 5. The number of fused-ring (bicyclic) bond motifs is 1. The maximum Gasteiger partial charge on any atom is 0.245 e. The van der Waals surface area contributed by atoms with Crippen LogP contribution in [0.4, 0.5) is 0 Å². The smallest absolute Gasteiger partial charge is 0.245 e. The molecule has 3 rings (SSSR count). The van der Waals surface area contributed by atoms with Gasteiger partial charge in [0.15, 0.2) is 0 Å². The van der Waals surface area contributed by atoms with E-state index in [2.05, 4.69) is 4.98 Å². The predicted octanol–water partition coefficient (Wildman–Crippen LogP) is 1.66. The summed E-state index contributed by atoms with van der Waals surface area (Å²) in [4.78, 5) is 4.49. The number of ether oxygens (including phenoxy) is 2. The van der Waals surface area contributed by atoms with Gasteiger partial charge in [-0.2, -0.15) is 4.31 Å². The van der Waals surface area contributed by atoms with Crippen molar-refractivity contribution in [3.8, 4) is 0 Å². The molecule has 0 spiro atoms. The lowest BCUT2D eigenvalue weighted by atomic mass is 10.2. The fourth-order valence-electron chi connectivity index (χ4n) is 3.06. The standard InChI is InChI=1S/C16H20N2O4S/c1-21-11-13-9-14(22-2)10-18(13)23(19,20)15-7-3-5-12-6-4-8-17-16(12)15/h3-8,13-14H,9-11H2,1-2H3/t13-,14+/m0/s1. The number of hydrogen-bond donors (Lipinski definition) is 0. The van der Waals surface area contributed by atoms with Gasteiger partial charge in [0.1, 0.15) is 4.90 Å². The van der Waals surface area contributed by atoms with Crippen molar-refractivity contribution in [2.45, 2.75) is 23.5 Å². The summed E-state index contributed by atoms with van der Waals surface area (Å²) in [6.07, 6.45) is 2.12. The van der Waals surface area contributed by atoms with E-state index in [4.69, 9.17) is 9.47 Å². The fourth-order valence-corrected chi connectivity index (χ4v) is 4.88. The number of sulfonamides is 1. The van der Waals surface area contributed by atoms with Crippen molar-refractivity contribution in [2.75, 3.05) is 27.4 Å². The van der Waals surface area contributed by atoms with Gasteiger partial charge in [-0.05, 0) is 18.6 Å². The Morgan fingerprint density at radius 1 is 1.26 bits per heavy atom. The first-order chi connectivity index (χ1) is 11.1. The minimum Gasteiger partial charge on any atom is -0.383 e. The minimum absolute atomic E-state index is 0.118. The van der Waals surface area contributed by atoms with Gasteiger partial charge < -0.3 is 9.47 Å². The van der Waals surface area contributed by atoms with Crippen LogP contribution < -0.4 is 0 Å². The molecule has 124 valence electrons. The minimum atomic E-state index is -3.67. The first-order valence-electron chi connectivity index (χ1n) is 7.45. The zero-order chi connectivity index (χ0) is 16.4. The molecule has 2 aromatic rings. The maximum atomic E-state index is 13.2. The van der Waals surface area contributed by atoms with Gasteiger partial charge in [0.25, 0.3) is 0 Å². The Morgan fingerprint density at radius 2 is 2.04 bits per heavy atom. The normalized spacial score (nSPS) is 22.7. The summed E-state index contributed by atoms with van der Waals surface area (Å²) in [7, 11) is -0.494. The predicted molar refractivity (Wildman–Crippen MR) is 86.7 cm³/mol. The molecule has 1 aromatic carbocycles. The number of benzene rings is 1. The number of pyridine rings is 1. The van der Waals surface area contributed by atoms with Crippen molar-refractivity contribution >= 4 is 20.9 Å². The van der Waals surface area contributed by atoms with Gasteiger partial charge in [0, 0.05) is 32.3 Å². The van der Waals surface area contributed by atoms with Gasteiger partial charge in [-0.3, -0.25) is 4.98 Å². The average molecular weight is 336 g/mol. The highest BCUT2D eigenvalue weighted by molar-refractivity contribution is 7.89. The zero-order valence-electron chi connectivity index (χ0n) is 13.2. The van der Waals surface area contributed by atoms with Gasteiger partial charge in [-0.25, -0.2) is 8.42 Å². The molecule has 0 saturated carbocycles. The molecule has 0 bridgehead atoms. The van der Waals surface area contributed by atoms with Crippen LogP contribution in [0, 0.1) is 0 Å². The highest BCUT2D eigenvalue weighted by Crippen LogP contribution is 2.30. The molecular weight excluding hydrogens is 316 g/mol. The first kappa shape index (κ1) is 16.3. The molecule has 0 unspecified atom stereocenters. The van der Waals surface area contributed by atoms with Crippen LogP contribution in [0.1, 0.15) is 6.42 Å². The third-order valence-electron chi connectivity index (χ3n) is 4.20. The van der Waals surface area contributed by atoms with Crippen molar-refractivity contribution in [3.05, 3.63) is 36.5 Å². The van der Waals surface area contributed by atoms with E-state index in [0.29, 0.717) is 25.1 Å². The molecule has 0 radical (unpaired) electrons. The van der Waals surface area contributed by atoms with E-state index in [1.54, 1.807) is 38.6 Å². The molecule has 1 aliphatic heterocycles. The maximum absolute atomic E-state index is 13.2. The van der Waals surface area contributed by atoms with Crippen LogP contribution >= 0.6 is 0 Å². The summed E-state index contributed by atoms with van der Waals surface area (Å²) in [5, 5.41) is 0.805. The van der Waals surface area contributed by atoms with Crippen molar-refractivity contribution in [1.29, 1.82) is 0 Å². The second-order valence-electron chi connectivity index (χ2n) is 5.61. The molecule has 1 aliphatic rings. The van der Waals surface area contributed by atoms with Gasteiger partial charge in [-0.15, -0.1) is 0 Å². The second kappa shape index (κ2) is 6.52. The molecule has 1 fully saturated rings. The number of methoxy groups -OCH3 is 2. The monoisotopic (exact) mass is 336 g/mol. The summed E-state index contributed by atoms with van der Waals surface area (Å²) in [6.45, 7) is 0.674. The highest BCUT2D eigenvalue weighted by atomic mass is 32.2. The van der Waals surface area contributed by atoms with E-state index in [0.717, 1.165) is 5.39 Å². The van der Waals surface area contributed by atoms with Crippen LogP contribution in [0.2, 0.25) is 0 Å². The van der Waals surface area contributed by atoms with E-state index in [9.17, 15) is 8.42 Å². The first-order valence-corrected chi connectivity index (χ1v) is 8.89. The SMILES string of the molecule is COC[C@@H]1C[C@@H](OC)CN1S(=O)(=O)c1cccc2cccnc12. The quantitative estimate of drug-likeness (QED) is 0.830. The third kappa shape index (κ3) is 2.97. The summed E-state index contributed by atoms with van der Waals surface area (Å²) < 4.78 is 38.4. The molecule has 23 heavy (non-hydrogen) atoms. The average Bonchev–Trinajstić information content (AvgIpc) is 2.98. The molecular formula is C16H20N2O4S. The van der Waals surface area contributed by atoms with Gasteiger partial charge in [-0.1, -0.05) is 18.2 Å². The van der Waals surface area contributed by atoms with E-state index in [1.807, 2.05) is 12.1 Å². The molecule has 1 aromatic heterocycles. The Morgan fingerprint density at radius 3 is 2.78 bits per heavy atom. The number of para-hydroxylation sites is 1. The van der Waals surface area contributed by atoms with E-state index < -0.39 is 10.0 Å². The molecule has 2 atom stereocenters. The van der Waals surface area contributed by atoms with Crippen LogP contribution in [-0.2, 0) is 19.5 Å². The second-order valence-corrected chi connectivity index (χ2v) is 7.47. The fraction of sp³-hybridized carbons (Fsp3) is 0.438. The van der Waals surface area contributed by atoms with Gasteiger partial charge in [0.2, 0.25) is 10.0 Å².